The molecule has 2 heteroatoms. The summed E-state index contributed by atoms with van der Waals surface area (Å²) in [6.07, 6.45) is 9.03. The number of hydrogen-bond donors (Lipinski definition) is 0. The molecule has 0 aliphatic carbocycles. The lowest BCUT2D eigenvalue weighted by Gasteiger charge is -1.87. The van der Waals surface area contributed by atoms with Gasteiger partial charge in [-0.3, -0.25) is 0 Å². The summed E-state index contributed by atoms with van der Waals surface area (Å²) in [6.45, 7) is 4.03. The molecule has 0 aromatic carbocycles. The van der Waals surface area contributed by atoms with Crippen LogP contribution in [0.1, 0.15) is 26.7 Å². The number of carbonyl (C=O) groups excluding carboxylic acids is 1. The van der Waals surface area contributed by atoms with Gasteiger partial charge in [-0.1, -0.05) is 26.0 Å². The van der Waals surface area contributed by atoms with Gasteiger partial charge in [-0.2, -0.15) is 4.99 Å². The van der Waals surface area contributed by atoms with Crippen LogP contribution in [0.5, 0.6) is 0 Å². The Balaban J connectivity index is 4.22. The van der Waals surface area contributed by atoms with Gasteiger partial charge in [0.15, 0.2) is 0 Å². The average Bonchev–Trinajstić information content (AvgIpc) is 2.01. The molecule has 11 heavy (non-hydrogen) atoms. The van der Waals surface area contributed by atoms with Crippen LogP contribution in [-0.2, 0) is 4.79 Å². The highest BCUT2D eigenvalue weighted by molar-refractivity contribution is 5.39. The van der Waals surface area contributed by atoms with Gasteiger partial charge in [0, 0.05) is 0 Å². The number of aliphatic imine (C=N–C) groups is 1. The Bertz CT molecular complexity index is 198. The Morgan fingerprint density at radius 2 is 2.18 bits per heavy atom. The van der Waals surface area contributed by atoms with Crippen molar-refractivity contribution in [2.75, 3.05) is 0 Å². The van der Waals surface area contributed by atoms with Gasteiger partial charge in [-0.15, -0.1) is 0 Å². The molecule has 0 unspecified atom stereocenters. The second-order valence-corrected chi connectivity index (χ2v) is 2.05. The SMILES string of the molecule is CC/C=C\C(=C/CC)N=C=O. The van der Waals surface area contributed by atoms with Crippen LogP contribution in [0.3, 0.4) is 0 Å². The molecule has 0 heterocycles. The molecule has 0 saturated carbocycles. The Hall–Kier alpha value is -1.14. The van der Waals surface area contributed by atoms with Crippen molar-refractivity contribution in [1.29, 1.82) is 0 Å². The fourth-order valence-corrected chi connectivity index (χ4v) is 0.651. The van der Waals surface area contributed by atoms with Crippen molar-refractivity contribution in [2.24, 2.45) is 4.99 Å². The first kappa shape index (κ1) is 9.86. The molecule has 0 N–H and O–H groups in total. The fourth-order valence-electron chi connectivity index (χ4n) is 0.651. The molecule has 0 amide bonds. The minimum atomic E-state index is 0.698. The van der Waals surface area contributed by atoms with E-state index in [1.165, 1.54) is 6.08 Å². The van der Waals surface area contributed by atoms with Crippen LogP contribution in [0, 0.1) is 0 Å². The van der Waals surface area contributed by atoms with Crippen molar-refractivity contribution in [1.82, 2.24) is 0 Å². The summed E-state index contributed by atoms with van der Waals surface area (Å²) < 4.78 is 0. The molecule has 0 aromatic heterocycles. The third-order valence-corrected chi connectivity index (χ3v) is 1.11. The molecule has 2 nitrogen and oxygen atoms in total. The Morgan fingerprint density at radius 3 is 2.64 bits per heavy atom. The zero-order valence-corrected chi connectivity index (χ0v) is 7.00. The molecule has 0 aliphatic heterocycles. The lowest BCUT2D eigenvalue weighted by Crippen LogP contribution is -1.70. The summed E-state index contributed by atoms with van der Waals surface area (Å²) in [5, 5.41) is 0. The summed E-state index contributed by atoms with van der Waals surface area (Å²) >= 11 is 0. The minimum Gasteiger partial charge on any atom is -0.211 e. The van der Waals surface area contributed by atoms with E-state index in [1.54, 1.807) is 0 Å². The summed E-state index contributed by atoms with van der Waals surface area (Å²) in [7, 11) is 0. The topological polar surface area (TPSA) is 29.4 Å². The molecule has 0 aliphatic rings. The van der Waals surface area contributed by atoms with Crippen molar-refractivity contribution in [3.05, 3.63) is 23.9 Å². The summed E-state index contributed by atoms with van der Waals surface area (Å²) in [5.74, 6) is 0. The van der Waals surface area contributed by atoms with E-state index >= 15 is 0 Å². The van der Waals surface area contributed by atoms with E-state index in [4.69, 9.17) is 0 Å². The Labute approximate surface area is 67.3 Å². The Kier molecular flexibility index (Phi) is 6.25. The average molecular weight is 151 g/mol. The molecule has 60 valence electrons. The number of rotatable bonds is 4. The molecular weight excluding hydrogens is 138 g/mol. The van der Waals surface area contributed by atoms with E-state index in [1.807, 2.05) is 32.1 Å². The first-order chi connectivity index (χ1) is 5.35. The molecular formula is C9H13NO. The van der Waals surface area contributed by atoms with Crippen LogP contribution < -0.4 is 0 Å². The van der Waals surface area contributed by atoms with E-state index in [9.17, 15) is 4.79 Å². The second-order valence-electron chi connectivity index (χ2n) is 2.05. The summed E-state index contributed by atoms with van der Waals surface area (Å²) in [4.78, 5) is 13.4. The second kappa shape index (κ2) is 6.97. The molecule has 0 bridgehead atoms. The summed E-state index contributed by atoms with van der Waals surface area (Å²) in [6, 6.07) is 0. The van der Waals surface area contributed by atoms with Crippen LogP contribution >= 0.6 is 0 Å². The summed E-state index contributed by atoms with van der Waals surface area (Å²) in [5.41, 5.74) is 0.698. The monoisotopic (exact) mass is 151 g/mol. The third kappa shape index (κ3) is 5.31. The van der Waals surface area contributed by atoms with Crippen LogP contribution in [0.4, 0.5) is 0 Å². The molecule has 0 spiro atoms. The zero-order valence-electron chi connectivity index (χ0n) is 7.00. The van der Waals surface area contributed by atoms with Crippen molar-refractivity contribution < 1.29 is 4.79 Å². The molecule has 0 atom stereocenters. The fraction of sp³-hybridized carbons (Fsp3) is 0.444. The van der Waals surface area contributed by atoms with Crippen molar-refractivity contribution >= 4 is 6.08 Å². The predicted octanol–water partition coefficient (Wildman–Crippen LogP) is 2.58. The van der Waals surface area contributed by atoms with Gasteiger partial charge in [0.25, 0.3) is 0 Å². The maximum Gasteiger partial charge on any atom is 0.240 e. The van der Waals surface area contributed by atoms with E-state index in [2.05, 4.69) is 4.99 Å². The van der Waals surface area contributed by atoms with Crippen molar-refractivity contribution in [3.8, 4) is 0 Å². The largest absolute Gasteiger partial charge is 0.240 e. The van der Waals surface area contributed by atoms with Gasteiger partial charge in [-0.25, -0.2) is 4.79 Å². The van der Waals surface area contributed by atoms with Gasteiger partial charge in [0.1, 0.15) is 0 Å². The highest BCUT2D eigenvalue weighted by Gasteiger charge is 1.83. The zero-order chi connectivity index (χ0) is 8.53. The first-order valence-electron chi connectivity index (χ1n) is 3.79. The number of nitrogens with zero attached hydrogens (tertiary/aromatic N) is 1. The highest BCUT2D eigenvalue weighted by atomic mass is 16.1. The quantitative estimate of drug-likeness (QED) is 0.345. The van der Waals surface area contributed by atoms with E-state index in [0.717, 1.165) is 12.8 Å². The molecule has 0 aromatic rings. The maximum atomic E-state index is 9.89. The standard InChI is InChI=1S/C9H13NO/c1-3-5-7-9(6-4-2)10-8-11/h5-7H,3-4H2,1-2H3/b7-5-,9-6+. The number of hydrogen-bond acceptors (Lipinski definition) is 2. The lowest BCUT2D eigenvalue weighted by molar-refractivity contribution is 0.565. The predicted molar refractivity (Wildman–Crippen MR) is 45.9 cm³/mol. The van der Waals surface area contributed by atoms with Gasteiger partial charge in [0.05, 0.1) is 5.70 Å². The first-order valence-corrected chi connectivity index (χ1v) is 3.79. The lowest BCUT2D eigenvalue weighted by atomic mass is 10.3. The van der Waals surface area contributed by atoms with E-state index in [-0.39, 0.29) is 0 Å². The van der Waals surface area contributed by atoms with Crippen LogP contribution in [0.25, 0.3) is 0 Å². The van der Waals surface area contributed by atoms with Crippen LogP contribution in [0.15, 0.2) is 28.9 Å². The van der Waals surface area contributed by atoms with Gasteiger partial charge < -0.3 is 0 Å². The van der Waals surface area contributed by atoms with Gasteiger partial charge >= 0.3 is 0 Å². The smallest absolute Gasteiger partial charge is 0.211 e. The molecule has 0 fully saturated rings. The highest BCUT2D eigenvalue weighted by Crippen LogP contribution is 2.00. The molecule has 0 radical (unpaired) electrons. The van der Waals surface area contributed by atoms with E-state index < -0.39 is 0 Å². The van der Waals surface area contributed by atoms with E-state index in [0.29, 0.717) is 5.70 Å². The molecule has 0 rings (SSSR count). The number of allylic oxidation sites excluding steroid dienone is 3. The molecule has 0 saturated heterocycles. The number of isocyanates is 1. The maximum absolute atomic E-state index is 9.89. The third-order valence-electron chi connectivity index (χ3n) is 1.11. The normalized spacial score (nSPS) is 11.6. The van der Waals surface area contributed by atoms with Crippen molar-refractivity contribution in [3.63, 3.8) is 0 Å². The van der Waals surface area contributed by atoms with Gasteiger partial charge in [-0.05, 0) is 18.9 Å². The Morgan fingerprint density at radius 1 is 1.45 bits per heavy atom. The van der Waals surface area contributed by atoms with Crippen molar-refractivity contribution in [2.45, 2.75) is 26.7 Å². The van der Waals surface area contributed by atoms with Gasteiger partial charge in [0.2, 0.25) is 6.08 Å². The van der Waals surface area contributed by atoms with Crippen LogP contribution in [-0.4, -0.2) is 6.08 Å². The van der Waals surface area contributed by atoms with Crippen LogP contribution in [0.2, 0.25) is 0 Å². The minimum absolute atomic E-state index is 0.698.